The second-order valence-corrected chi connectivity index (χ2v) is 5.14. The molecule has 0 aliphatic carbocycles. The third-order valence-corrected chi connectivity index (χ3v) is 3.36. The SMILES string of the molecule is CCCC1=C(C)[C]=C(C)N(CCC)C1N(C)C. The van der Waals surface area contributed by atoms with Crippen LogP contribution in [0.5, 0.6) is 0 Å². The molecule has 0 amide bonds. The highest BCUT2D eigenvalue weighted by Crippen LogP contribution is 2.29. The predicted octanol–water partition coefficient (Wildman–Crippen LogP) is 3.42. The summed E-state index contributed by atoms with van der Waals surface area (Å²) in [5.74, 6) is 0. The first-order valence-corrected chi connectivity index (χ1v) is 6.76. The molecule has 0 N–H and O–H groups in total. The van der Waals surface area contributed by atoms with Crippen molar-refractivity contribution in [2.75, 3.05) is 20.6 Å². The van der Waals surface area contributed by atoms with Crippen molar-refractivity contribution in [1.82, 2.24) is 9.80 Å². The molecule has 1 heterocycles. The Bertz CT molecular complexity index is 313. The number of hydrogen-bond donors (Lipinski definition) is 0. The zero-order valence-corrected chi connectivity index (χ0v) is 12.3. The molecule has 1 atom stereocenters. The highest BCUT2D eigenvalue weighted by molar-refractivity contribution is 5.30. The molecule has 0 aromatic heterocycles. The Kier molecular flexibility index (Phi) is 5.26. The fourth-order valence-corrected chi connectivity index (χ4v) is 2.70. The smallest absolute Gasteiger partial charge is 0.104 e. The van der Waals surface area contributed by atoms with Gasteiger partial charge in [-0.2, -0.15) is 0 Å². The van der Waals surface area contributed by atoms with Crippen LogP contribution >= 0.6 is 0 Å². The maximum absolute atomic E-state index is 3.53. The molecule has 2 heteroatoms. The fraction of sp³-hybridized carbons (Fsp3) is 0.733. The van der Waals surface area contributed by atoms with E-state index in [2.05, 4.69) is 57.7 Å². The Balaban J connectivity index is 3.08. The van der Waals surface area contributed by atoms with E-state index in [-0.39, 0.29) is 0 Å². The van der Waals surface area contributed by atoms with Crippen LogP contribution in [0, 0.1) is 6.08 Å². The van der Waals surface area contributed by atoms with Gasteiger partial charge in [0, 0.05) is 18.3 Å². The number of rotatable bonds is 5. The summed E-state index contributed by atoms with van der Waals surface area (Å²) in [6.45, 7) is 9.99. The van der Waals surface area contributed by atoms with E-state index < -0.39 is 0 Å². The van der Waals surface area contributed by atoms with Gasteiger partial charge in [0.25, 0.3) is 0 Å². The number of hydrogen-bond acceptors (Lipinski definition) is 2. The highest BCUT2D eigenvalue weighted by Gasteiger charge is 2.28. The molecule has 2 nitrogen and oxygen atoms in total. The topological polar surface area (TPSA) is 6.48 Å². The second kappa shape index (κ2) is 6.25. The van der Waals surface area contributed by atoms with Crippen molar-refractivity contribution < 1.29 is 0 Å². The molecule has 1 rings (SSSR count). The minimum absolute atomic E-state index is 0.427. The molecule has 1 aliphatic heterocycles. The normalized spacial score (nSPS) is 21.2. The maximum atomic E-state index is 3.53. The molecule has 0 fully saturated rings. The summed E-state index contributed by atoms with van der Waals surface area (Å²) in [4.78, 5) is 4.81. The fourth-order valence-electron chi connectivity index (χ4n) is 2.70. The van der Waals surface area contributed by atoms with Gasteiger partial charge in [0.1, 0.15) is 6.17 Å². The standard InChI is InChI=1S/C15H27N2/c1-7-9-14-12(3)11-13(4)17(10-8-2)15(14)16(5)6/h15H,7-10H2,1-6H3. The van der Waals surface area contributed by atoms with E-state index in [0.29, 0.717) is 6.17 Å². The van der Waals surface area contributed by atoms with Crippen molar-refractivity contribution in [2.24, 2.45) is 0 Å². The summed E-state index contributed by atoms with van der Waals surface area (Å²) in [7, 11) is 4.35. The molecular weight excluding hydrogens is 208 g/mol. The molecule has 0 saturated carbocycles. The zero-order chi connectivity index (χ0) is 13.0. The summed E-state index contributed by atoms with van der Waals surface area (Å²) >= 11 is 0. The Morgan fingerprint density at radius 1 is 1.18 bits per heavy atom. The average molecular weight is 235 g/mol. The molecule has 17 heavy (non-hydrogen) atoms. The molecule has 1 aliphatic rings. The third-order valence-electron chi connectivity index (χ3n) is 3.36. The van der Waals surface area contributed by atoms with Crippen molar-refractivity contribution in [3.05, 3.63) is 22.9 Å². The van der Waals surface area contributed by atoms with Crippen LogP contribution in [0.1, 0.15) is 47.0 Å². The molecule has 0 spiro atoms. The van der Waals surface area contributed by atoms with Crippen LogP contribution < -0.4 is 0 Å². The Labute approximate surface area is 107 Å². The van der Waals surface area contributed by atoms with Gasteiger partial charge in [-0.1, -0.05) is 20.3 Å². The highest BCUT2D eigenvalue weighted by atomic mass is 15.3. The van der Waals surface area contributed by atoms with E-state index in [9.17, 15) is 0 Å². The summed E-state index contributed by atoms with van der Waals surface area (Å²) in [6, 6.07) is 0. The van der Waals surface area contributed by atoms with Crippen molar-refractivity contribution in [3.8, 4) is 0 Å². The van der Waals surface area contributed by atoms with Crippen molar-refractivity contribution in [2.45, 2.75) is 53.1 Å². The Hall–Kier alpha value is -0.760. The summed E-state index contributed by atoms with van der Waals surface area (Å²) < 4.78 is 0. The summed E-state index contributed by atoms with van der Waals surface area (Å²) in [6.07, 6.45) is 7.52. The second-order valence-electron chi connectivity index (χ2n) is 5.14. The van der Waals surface area contributed by atoms with Crippen LogP contribution in [0.3, 0.4) is 0 Å². The molecule has 0 aromatic carbocycles. The molecule has 0 saturated heterocycles. The minimum Gasteiger partial charge on any atom is -0.355 e. The predicted molar refractivity (Wildman–Crippen MR) is 74.5 cm³/mol. The van der Waals surface area contributed by atoms with Gasteiger partial charge < -0.3 is 4.90 Å². The molecule has 97 valence electrons. The van der Waals surface area contributed by atoms with E-state index in [0.717, 1.165) is 6.54 Å². The average Bonchev–Trinajstić information content (AvgIpc) is 2.25. The molecule has 0 bridgehead atoms. The largest absolute Gasteiger partial charge is 0.355 e. The molecule has 0 aromatic rings. The zero-order valence-electron chi connectivity index (χ0n) is 12.3. The lowest BCUT2D eigenvalue weighted by atomic mass is 9.95. The van der Waals surface area contributed by atoms with Crippen molar-refractivity contribution >= 4 is 0 Å². The molecular formula is C15H27N2. The number of likely N-dealkylation sites (N-methyl/N-ethyl adjacent to an activating group) is 1. The number of nitrogens with zero attached hydrogens (tertiary/aromatic N) is 2. The maximum Gasteiger partial charge on any atom is 0.104 e. The first kappa shape index (κ1) is 14.3. The lowest BCUT2D eigenvalue weighted by Crippen LogP contribution is -2.47. The summed E-state index contributed by atoms with van der Waals surface area (Å²) in [5, 5.41) is 0. The first-order valence-electron chi connectivity index (χ1n) is 6.76. The van der Waals surface area contributed by atoms with Gasteiger partial charge in [-0.25, -0.2) is 0 Å². The lowest BCUT2D eigenvalue weighted by molar-refractivity contribution is 0.133. The van der Waals surface area contributed by atoms with E-state index >= 15 is 0 Å². The number of allylic oxidation sites excluding steroid dienone is 3. The Morgan fingerprint density at radius 3 is 2.29 bits per heavy atom. The summed E-state index contributed by atoms with van der Waals surface area (Å²) in [5.41, 5.74) is 4.16. The lowest BCUT2D eigenvalue weighted by Gasteiger charge is -2.42. The van der Waals surface area contributed by atoms with E-state index in [4.69, 9.17) is 0 Å². The quantitative estimate of drug-likeness (QED) is 0.720. The van der Waals surface area contributed by atoms with Crippen LogP contribution in [-0.2, 0) is 0 Å². The van der Waals surface area contributed by atoms with Gasteiger partial charge in [-0.3, -0.25) is 4.90 Å². The Morgan fingerprint density at radius 2 is 1.82 bits per heavy atom. The monoisotopic (exact) mass is 235 g/mol. The van der Waals surface area contributed by atoms with E-state index in [1.807, 2.05) is 0 Å². The van der Waals surface area contributed by atoms with Gasteiger partial charge in [0.2, 0.25) is 0 Å². The van der Waals surface area contributed by atoms with Gasteiger partial charge in [-0.15, -0.1) is 0 Å². The van der Waals surface area contributed by atoms with Gasteiger partial charge >= 0.3 is 0 Å². The van der Waals surface area contributed by atoms with Crippen LogP contribution in [0.4, 0.5) is 0 Å². The van der Waals surface area contributed by atoms with Crippen LogP contribution in [0.25, 0.3) is 0 Å². The van der Waals surface area contributed by atoms with Gasteiger partial charge in [0.05, 0.1) is 0 Å². The van der Waals surface area contributed by atoms with Crippen LogP contribution in [-0.4, -0.2) is 36.6 Å². The first-order chi connectivity index (χ1) is 8.02. The van der Waals surface area contributed by atoms with Crippen molar-refractivity contribution in [1.29, 1.82) is 0 Å². The van der Waals surface area contributed by atoms with Crippen LogP contribution in [0.2, 0.25) is 0 Å². The van der Waals surface area contributed by atoms with E-state index in [1.165, 1.54) is 36.1 Å². The van der Waals surface area contributed by atoms with Crippen LogP contribution in [0.15, 0.2) is 16.8 Å². The third kappa shape index (κ3) is 3.12. The van der Waals surface area contributed by atoms with Crippen molar-refractivity contribution in [3.63, 3.8) is 0 Å². The van der Waals surface area contributed by atoms with E-state index in [1.54, 1.807) is 0 Å². The molecule has 1 radical (unpaired) electrons. The van der Waals surface area contributed by atoms with Gasteiger partial charge in [-0.05, 0) is 51.9 Å². The van der Waals surface area contributed by atoms with Gasteiger partial charge in [0.15, 0.2) is 0 Å². The minimum atomic E-state index is 0.427. The molecule has 1 unspecified atom stereocenters.